The first-order chi connectivity index (χ1) is 18.2. The summed E-state index contributed by atoms with van der Waals surface area (Å²) in [5.74, 6) is 0. The zero-order chi connectivity index (χ0) is 26.0. The molecule has 0 aliphatic heterocycles. The molecule has 3 heteroatoms. The van der Waals surface area contributed by atoms with Crippen LogP contribution >= 0.6 is 0 Å². The number of nitrogens with zero attached hydrogens (tertiary/aromatic N) is 3. The third kappa shape index (κ3) is 6.00. The molecule has 0 bridgehead atoms. The first-order valence-electron chi connectivity index (χ1n) is 12.9. The van der Waals surface area contributed by atoms with E-state index in [0.717, 1.165) is 35.6 Å². The Bertz CT molecular complexity index is 1380. The molecule has 0 radical (unpaired) electrons. The number of hydrogen-bond donors (Lipinski definition) is 0. The van der Waals surface area contributed by atoms with Gasteiger partial charge in [-0.15, -0.1) is 0 Å². The summed E-state index contributed by atoms with van der Waals surface area (Å²) in [7, 11) is 2.04. The Labute approximate surface area is 221 Å². The highest BCUT2D eigenvalue weighted by atomic mass is 15.1. The van der Waals surface area contributed by atoms with Crippen molar-refractivity contribution in [2.24, 2.45) is 0 Å². The Morgan fingerprint density at radius 3 is 1.68 bits per heavy atom. The molecule has 1 aliphatic rings. The Hall–Kier alpha value is -4.55. The van der Waals surface area contributed by atoms with Crippen molar-refractivity contribution in [1.29, 1.82) is 5.26 Å². The second kappa shape index (κ2) is 12.4. The number of anilines is 4. The van der Waals surface area contributed by atoms with E-state index in [1.54, 1.807) is 0 Å². The summed E-state index contributed by atoms with van der Waals surface area (Å²) in [5.41, 5.74) is 8.67. The molecule has 5 rings (SSSR count). The number of nitriles is 1. The predicted molar refractivity (Wildman–Crippen MR) is 157 cm³/mol. The van der Waals surface area contributed by atoms with Crippen LogP contribution in [-0.2, 0) is 0 Å². The summed E-state index contributed by atoms with van der Waals surface area (Å²) >= 11 is 0. The van der Waals surface area contributed by atoms with Crippen molar-refractivity contribution < 1.29 is 0 Å². The summed E-state index contributed by atoms with van der Waals surface area (Å²) in [6, 6.07) is 37.7. The number of rotatable bonds is 6. The number of allylic oxidation sites excluding steroid dienone is 3. The molecule has 0 N–H and O–H groups in total. The highest BCUT2D eigenvalue weighted by Crippen LogP contribution is 2.35. The monoisotopic (exact) mass is 483 g/mol. The van der Waals surface area contributed by atoms with Crippen molar-refractivity contribution in [3.8, 4) is 17.2 Å². The lowest BCUT2D eigenvalue weighted by molar-refractivity contribution is 0.997. The van der Waals surface area contributed by atoms with Gasteiger partial charge in [0.2, 0.25) is 0 Å². The van der Waals surface area contributed by atoms with E-state index >= 15 is 0 Å². The lowest BCUT2D eigenvalue weighted by Gasteiger charge is -2.28. The van der Waals surface area contributed by atoms with Crippen LogP contribution in [-0.4, -0.2) is 7.05 Å². The van der Waals surface area contributed by atoms with Gasteiger partial charge in [-0.25, -0.2) is 0 Å². The minimum absolute atomic E-state index is 0.667. The fourth-order valence-corrected chi connectivity index (χ4v) is 4.38. The lowest BCUT2D eigenvalue weighted by atomic mass is 10.0. The molecule has 184 valence electrons. The van der Waals surface area contributed by atoms with Crippen LogP contribution in [0.2, 0.25) is 0 Å². The van der Waals surface area contributed by atoms with Gasteiger partial charge in [-0.3, -0.25) is 0 Å². The van der Waals surface area contributed by atoms with Crippen molar-refractivity contribution in [3.63, 3.8) is 0 Å². The van der Waals surface area contributed by atoms with Crippen LogP contribution in [0.25, 0.3) is 11.1 Å². The summed E-state index contributed by atoms with van der Waals surface area (Å²) in [5, 5.41) is 9.06. The average Bonchev–Trinajstić information content (AvgIpc) is 3.00. The lowest BCUT2D eigenvalue weighted by Crippen LogP contribution is -2.16. The Kier molecular flexibility index (Phi) is 8.57. The number of hydrogen-bond acceptors (Lipinski definition) is 3. The van der Waals surface area contributed by atoms with Crippen molar-refractivity contribution >= 4 is 22.7 Å². The predicted octanol–water partition coefficient (Wildman–Crippen LogP) is 9.39. The molecule has 4 aromatic rings. The molecule has 3 nitrogen and oxygen atoms in total. The molecule has 0 heterocycles. The fraction of sp³-hybridized carbons (Fsp3) is 0.147. The number of benzene rings is 4. The molecule has 0 atom stereocenters. The van der Waals surface area contributed by atoms with Crippen LogP contribution in [0.5, 0.6) is 0 Å². The van der Waals surface area contributed by atoms with Crippen LogP contribution in [0.1, 0.15) is 32.3 Å². The van der Waals surface area contributed by atoms with Crippen LogP contribution in [0.4, 0.5) is 22.7 Å². The topological polar surface area (TPSA) is 30.3 Å². The molecule has 0 fully saturated rings. The van der Waals surface area contributed by atoms with Crippen LogP contribution in [0.3, 0.4) is 0 Å². The molecule has 0 aromatic heterocycles. The zero-order valence-corrected chi connectivity index (χ0v) is 21.8. The van der Waals surface area contributed by atoms with E-state index < -0.39 is 0 Å². The maximum atomic E-state index is 9.06. The third-order valence-corrected chi connectivity index (χ3v) is 6.35. The van der Waals surface area contributed by atoms with E-state index in [4.69, 9.17) is 5.26 Å². The average molecular weight is 484 g/mol. The zero-order valence-electron chi connectivity index (χ0n) is 21.8. The van der Waals surface area contributed by atoms with Crippen LogP contribution in [0, 0.1) is 11.3 Å². The first kappa shape index (κ1) is 25.5. The summed E-state index contributed by atoms with van der Waals surface area (Å²) in [6.45, 7) is 4.00. The summed E-state index contributed by atoms with van der Waals surface area (Å²) in [6.07, 6.45) is 8.89. The van der Waals surface area contributed by atoms with E-state index in [2.05, 4.69) is 107 Å². The van der Waals surface area contributed by atoms with Gasteiger partial charge in [-0.05, 0) is 90.7 Å². The highest BCUT2D eigenvalue weighted by Gasteiger charge is 2.15. The smallest absolute Gasteiger partial charge is 0.0991 e. The standard InChI is InChI=1S/C32H27N3.C2H6/c1-34(28-16-12-25(24-33)13-17-28)29-20-22-32(23-21-29)35(30-10-6-3-7-11-30)31-18-14-27(15-19-31)26-8-4-2-5-9-26;1-2/h2,4-6,8-23H,3,7H2,1H3;1-2H3. The van der Waals surface area contributed by atoms with Gasteiger partial charge in [0.05, 0.1) is 11.6 Å². The van der Waals surface area contributed by atoms with Gasteiger partial charge in [-0.1, -0.05) is 68.5 Å². The van der Waals surface area contributed by atoms with Crippen molar-refractivity contribution in [3.05, 3.63) is 133 Å². The van der Waals surface area contributed by atoms with Crippen LogP contribution in [0.15, 0.2) is 127 Å². The van der Waals surface area contributed by atoms with Crippen molar-refractivity contribution in [2.45, 2.75) is 26.7 Å². The van der Waals surface area contributed by atoms with E-state index in [-0.39, 0.29) is 0 Å². The fourth-order valence-electron chi connectivity index (χ4n) is 4.38. The van der Waals surface area contributed by atoms with Gasteiger partial charge >= 0.3 is 0 Å². The largest absolute Gasteiger partial charge is 0.345 e. The maximum Gasteiger partial charge on any atom is 0.0991 e. The molecule has 0 saturated heterocycles. The van der Waals surface area contributed by atoms with Crippen molar-refractivity contribution in [2.75, 3.05) is 16.8 Å². The molecular formula is C34H33N3. The molecule has 0 saturated carbocycles. The molecule has 4 aromatic carbocycles. The quantitative estimate of drug-likeness (QED) is 0.274. The van der Waals surface area contributed by atoms with E-state index in [1.165, 1.54) is 16.8 Å². The Balaban J connectivity index is 0.00000156. The van der Waals surface area contributed by atoms with Crippen molar-refractivity contribution in [1.82, 2.24) is 0 Å². The van der Waals surface area contributed by atoms with Crippen LogP contribution < -0.4 is 9.80 Å². The van der Waals surface area contributed by atoms with Gasteiger partial charge < -0.3 is 9.80 Å². The summed E-state index contributed by atoms with van der Waals surface area (Å²) in [4.78, 5) is 4.44. The van der Waals surface area contributed by atoms with E-state index in [1.807, 2.05) is 51.2 Å². The molecule has 0 spiro atoms. The van der Waals surface area contributed by atoms with E-state index in [0.29, 0.717) is 5.56 Å². The Morgan fingerprint density at radius 1 is 0.622 bits per heavy atom. The minimum Gasteiger partial charge on any atom is -0.345 e. The SMILES string of the molecule is CC.CN(c1ccc(C#N)cc1)c1ccc(N(C2=CCCC=C2)c2ccc(-c3ccccc3)cc2)cc1. The minimum atomic E-state index is 0.667. The van der Waals surface area contributed by atoms with Gasteiger partial charge in [0.15, 0.2) is 0 Å². The van der Waals surface area contributed by atoms with E-state index in [9.17, 15) is 0 Å². The van der Waals surface area contributed by atoms with Gasteiger partial charge in [-0.2, -0.15) is 5.26 Å². The van der Waals surface area contributed by atoms with Gasteiger partial charge in [0.1, 0.15) is 0 Å². The molecule has 1 aliphatic carbocycles. The molecule has 37 heavy (non-hydrogen) atoms. The molecule has 0 unspecified atom stereocenters. The Morgan fingerprint density at radius 2 is 1.14 bits per heavy atom. The first-order valence-corrected chi connectivity index (χ1v) is 12.9. The van der Waals surface area contributed by atoms with Gasteiger partial charge in [0, 0.05) is 35.5 Å². The third-order valence-electron chi connectivity index (χ3n) is 6.35. The highest BCUT2D eigenvalue weighted by molar-refractivity contribution is 5.75. The maximum absolute atomic E-state index is 9.06. The molecule has 0 amide bonds. The normalized spacial score (nSPS) is 12.0. The van der Waals surface area contributed by atoms with Gasteiger partial charge in [0.25, 0.3) is 0 Å². The molecular weight excluding hydrogens is 450 g/mol. The summed E-state index contributed by atoms with van der Waals surface area (Å²) < 4.78 is 0. The second-order valence-electron chi connectivity index (χ2n) is 8.59. The second-order valence-corrected chi connectivity index (χ2v) is 8.59.